The van der Waals surface area contributed by atoms with E-state index in [0.717, 1.165) is 0 Å². The minimum atomic E-state index is -1.61. The van der Waals surface area contributed by atoms with Gasteiger partial charge in [0, 0.05) is 11.8 Å². The Labute approximate surface area is 116 Å². The van der Waals surface area contributed by atoms with Crippen LogP contribution >= 0.6 is 0 Å². The molecule has 20 heavy (non-hydrogen) atoms. The molecule has 104 valence electrons. The molecule has 7 heteroatoms. The molecule has 0 aliphatic rings. The van der Waals surface area contributed by atoms with Crippen molar-refractivity contribution in [3.63, 3.8) is 0 Å². The summed E-state index contributed by atoms with van der Waals surface area (Å²) < 4.78 is 6.51. The smallest absolute Gasteiger partial charge is 0.488 e. The second-order valence-electron chi connectivity index (χ2n) is 4.43. The number of aromatic nitrogens is 2. The normalized spacial score (nSPS) is 10.4. The van der Waals surface area contributed by atoms with Crippen LogP contribution in [0.4, 0.5) is 0 Å². The van der Waals surface area contributed by atoms with E-state index in [1.165, 1.54) is 24.1 Å². The first kappa shape index (κ1) is 14.3. The lowest BCUT2D eigenvalue weighted by atomic mass is 9.77. The van der Waals surface area contributed by atoms with Gasteiger partial charge in [-0.25, -0.2) is 4.98 Å². The first-order valence-corrected chi connectivity index (χ1v) is 6.07. The highest BCUT2D eigenvalue weighted by Gasteiger charge is 2.17. The third kappa shape index (κ3) is 3.07. The fourth-order valence-electron chi connectivity index (χ4n) is 1.92. The van der Waals surface area contributed by atoms with Gasteiger partial charge in [-0.1, -0.05) is 6.07 Å². The third-order valence-corrected chi connectivity index (χ3v) is 2.99. The van der Waals surface area contributed by atoms with Crippen molar-refractivity contribution in [1.82, 2.24) is 9.55 Å². The Bertz CT molecular complexity index is 670. The molecular formula is C13H15BN2O4. The number of hydrogen-bond acceptors (Lipinski definition) is 5. The highest BCUT2D eigenvalue weighted by atomic mass is 16.5. The van der Waals surface area contributed by atoms with Gasteiger partial charge in [0.1, 0.15) is 5.75 Å². The van der Waals surface area contributed by atoms with Gasteiger partial charge >= 0.3 is 7.12 Å². The lowest BCUT2D eigenvalue weighted by molar-refractivity contribution is 0.413. The highest BCUT2D eigenvalue weighted by molar-refractivity contribution is 6.59. The molecule has 0 aliphatic heterocycles. The molecule has 1 aromatic carbocycles. The van der Waals surface area contributed by atoms with Gasteiger partial charge < -0.3 is 14.8 Å². The molecule has 6 nitrogen and oxygen atoms in total. The van der Waals surface area contributed by atoms with E-state index >= 15 is 0 Å². The van der Waals surface area contributed by atoms with Gasteiger partial charge in [-0.3, -0.25) is 9.36 Å². The molecule has 0 bridgehead atoms. The molecule has 0 amide bonds. The Morgan fingerprint density at radius 2 is 2.10 bits per heavy atom. The Kier molecular flexibility index (Phi) is 4.21. The van der Waals surface area contributed by atoms with E-state index in [0.29, 0.717) is 22.5 Å². The van der Waals surface area contributed by atoms with E-state index in [2.05, 4.69) is 4.98 Å². The Balaban J connectivity index is 2.43. The summed E-state index contributed by atoms with van der Waals surface area (Å²) >= 11 is 0. The quantitative estimate of drug-likeness (QED) is 0.719. The zero-order valence-electron chi connectivity index (χ0n) is 11.3. The van der Waals surface area contributed by atoms with Crippen LogP contribution < -0.4 is 15.8 Å². The molecule has 2 rings (SSSR count). The average Bonchev–Trinajstić information content (AvgIpc) is 2.41. The summed E-state index contributed by atoms with van der Waals surface area (Å²) in [7, 11) is -0.0849. The van der Waals surface area contributed by atoms with Crippen molar-refractivity contribution in [3.8, 4) is 5.75 Å². The summed E-state index contributed by atoms with van der Waals surface area (Å²) in [5, 5.41) is 18.7. The molecule has 0 fully saturated rings. The predicted molar refractivity (Wildman–Crippen MR) is 75.2 cm³/mol. The van der Waals surface area contributed by atoms with Crippen LogP contribution in [0.2, 0.25) is 0 Å². The second kappa shape index (κ2) is 5.89. The van der Waals surface area contributed by atoms with Gasteiger partial charge in [-0.05, 0) is 30.1 Å². The molecule has 0 spiro atoms. The van der Waals surface area contributed by atoms with Crippen LogP contribution in [0.1, 0.15) is 11.3 Å². The summed E-state index contributed by atoms with van der Waals surface area (Å²) in [6, 6.07) is 6.29. The van der Waals surface area contributed by atoms with Gasteiger partial charge in [0.15, 0.2) is 0 Å². The maximum absolute atomic E-state index is 11.8. The zero-order valence-corrected chi connectivity index (χ0v) is 11.3. The lowest BCUT2D eigenvalue weighted by Gasteiger charge is -2.12. The van der Waals surface area contributed by atoms with Gasteiger partial charge in [0.2, 0.25) is 0 Å². The van der Waals surface area contributed by atoms with Crippen LogP contribution in [0.3, 0.4) is 0 Å². The van der Waals surface area contributed by atoms with Crippen LogP contribution in [-0.2, 0) is 6.54 Å². The molecule has 2 aromatic rings. The van der Waals surface area contributed by atoms with Crippen molar-refractivity contribution in [2.24, 2.45) is 0 Å². The van der Waals surface area contributed by atoms with Crippen LogP contribution in [0, 0.1) is 6.92 Å². The van der Waals surface area contributed by atoms with Crippen molar-refractivity contribution >= 4 is 12.6 Å². The Morgan fingerprint density at radius 1 is 1.35 bits per heavy atom. The van der Waals surface area contributed by atoms with Gasteiger partial charge in [-0.2, -0.15) is 0 Å². The number of hydrogen-bond donors (Lipinski definition) is 2. The maximum atomic E-state index is 11.8. The van der Waals surface area contributed by atoms with Crippen LogP contribution in [0.25, 0.3) is 0 Å². The molecule has 0 aliphatic carbocycles. The van der Waals surface area contributed by atoms with E-state index in [1.807, 2.05) is 0 Å². The summed E-state index contributed by atoms with van der Waals surface area (Å²) in [5.74, 6) is 0.581. The van der Waals surface area contributed by atoms with E-state index in [9.17, 15) is 14.8 Å². The van der Waals surface area contributed by atoms with Crippen LogP contribution in [0.15, 0.2) is 35.4 Å². The number of benzene rings is 1. The summed E-state index contributed by atoms with van der Waals surface area (Å²) in [6.07, 6.45) is 1.44. The molecule has 0 radical (unpaired) electrons. The number of ether oxygens (including phenoxy) is 1. The number of methoxy groups -OCH3 is 1. The zero-order chi connectivity index (χ0) is 14.7. The fraction of sp³-hybridized carbons (Fsp3) is 0.231. The second-order valence-corrected chi connectivity index (χ2v) is 4.43. The Hall–Kier alpha value is -2.12. The molecule has 1 aromatic heterocycles. The molecule has 0 saturated heterocycles. The largest absolute Gasteiger partial charge is 0.497 e. The third-order valence-electron chi connectivity index (χ3n) is 2.99. The van der Waals surface area contributed by atoms with Crippen molar-refractivity contribution in [1.29, 1.82) is 0 Å². The van der Waals surface area contributed by atoms with Gasteiger partial charge in [0.25, 0.3) is 5.56 Å². The average molecular weight is 274 g/mol. The topological polar surface area (TPSA) is 84.6 Å². The van der Waals surface area contributed by atoms with Crippen LogP contribution in [-0.4, -0.2) is 33.8 Å². The predicted octanol–water partition coefficient (Wildman–Crippen LogP) is -0.712. The van der Waals surface area contributed by atoms with Crippen molar-refractivity contribution in [2.45, 2.75) is 13.5 Å². The molecule has 0 unspecified atom stereocenters. The summed E-state index contributed by atoms with van der Waals surface area (Å²) in [4.78, 5) is 15.9. The minimum Gasteiger partial charge on any atom is -0.497 e. The van der Waals surface area contributed by atoms with Crippen molar-refractivity contribution < 1.29 is 14.8 Å². The number of aryl methyl sites for hydroxylation is 1. The lowest BCUT2D eigenvalue weighted by Crippen LogP contribution is -2.35. The fourth-order valence-corrected chi connectivity index (χ4v) is 1.92. The maximum Gasteiger partial charge on any atom is 0.488 e. The van der Waals surface area contributed by atoms with Crippen molar-refractivity contribution in [2.75, 3.05) is 7.11 Å². The monoisotopic (exact) mass is 274 g/mol. The van der Waals surface area contributed by atoms with E-state index in [1.54, 1.807) is 25.1 Å². The Morgan fingerprint density at radius 3 is 2.70 bits per heavy atom. The van der Waals surface area contributed by atoms with Gasteiger partial charge in [-0.15, -0.1) is 0 Å². The molecule has 0 atom stereocenters. The minimum absolute atomic E-state index is 0.191. The number of rotatable bonds is 4. The highest BCUT2D eigenvalue weighted by Crippen LogP contribution is 2.12. The van der Waals surface area contributed by atoms with Crippen LogP contribution in [0.5, 0.6) is 5.75 Å². The molecule has 2 N–H and O–H groups in total. The molecule has 1 heterocycles. The van der Waals surface area contributed by atoms with Crippen molar-refractivity contribution in [3.05, 3.63) is 52.2 Å². The molecule has 0 saturated carbocycles. The van der Waals surface area contributed by atoms with E-state index in [4.69, 9.17) is 4.74 Å². The standard InChI is InChI=1S/C13H15BN2O4/c1-9-5-13(17)16(8-15-9)7-10-6-11(20-2)3-4-12(10)14(18)19/h3-6,8,18-19H,7H2,1-2H3. The first-order valence-electron chi connectivity index (χ1n) is 6.07. The summed E-state index contributed by atoms with van der Waals surface area (Å²) in [5.41, 5.74) is 1.36. The number of nitrogens with zero attached hydrogens (tertiary/aromatic N) is 2. The molecular weight excluding hydrogens is 259 g/mol. The van der Waals surface area contributed by atoms with E-state index < -0.39 is 7.12 Å². The van der Waals surface area contributed by atoms with E-state index in [-0.39, 0.29) is 12.1 Å². The summed E-state index contributed by atoms with van der Waals surface area (Å²) in [6.45, 7) is 1.93. The van der Waals surface area contributed by atoms with Gasteiger partial charge in [0.05, 0.1) is 20.0 Å². The SMILES string of the molecule is COc1ccc(B(O)O)c(Cn2cnc(C)cc2=O)c1. The first-order chi connectivity index (χ1) is 9.51.